The molecule has 0 radical (unpaired) electrons. The van der Waals surface area contributed by atoms with Gasteiger partial charge in [0.05, 0.1) is 0 Å². The normalized spacial score (nSPS) is 10.1. The molecule has 0 aliphatic carbocycles. The van der Waals surface area contributed by atoms with Crippen molar-refractivity contribution in [2.75, 3.05) is 0 Å². The van der Waals surface area contributed by atoms with Gasteiger partial charge in [0.15, 0.2) is 11.6 Å². The zero-order valence-corrected chi connectivity index (χ0v) is 7.44. The highest BCUT2D eigenvalue weighted by atomic mass is 35.5. The van der Waals surface area contributed by atoms with Crippen molar-refractivity contribution >= 4 is 16.8 Å². The van der Waals surface area contributed by atoms with E-state index in [0.717, 1.165) is 6.07 Å². The molecule has 0 heterocycles. The second kappa shape index (κ2) is 4.33. The lowest BCUT2D eigenvalue weighted by Gasteiger charge is -2.00. The molecule has 1 aromatic carbocycles. The third-order valence-electron chi connectivity index (χ3n) is 1.62. The number of hydrogen-bond donors (Lipinski definition) is 0. The highest BCUT2D eigenvalue weighted by Gasteiger charge is 2.08. The van der Waals surface area contributed by atoms with E-state index in [2.05, 4.69) is 0 Å². The summed E-state index contributed by atoms with van der Waals surface area (Å²) in [5.74, 6) is -1.81. The molecule has 0 unspecified atom stereocenters. The predicted octanol–water partition coefficient (Wildman–Crippen LogP) is 2.66. The summed E-state index contributed by atoms with van der Waals surface area (Å²) in [7, 11) is 0. The fourth-order valence-electron chi connectivity index (χ4n) is 0.974. The molecule has 0 atom stereocenters. The predicted molar refractivity (Wildman–Crippen MR) is 45.5 cm³/mol. The second-order valence-electron chi connectivity index (χ2n) is 2.57. The molecule has 1 aromatic rings. The van der Waals surface area contributed by atoms with Gasteiger partial charge in [0.1, 0.15) is 0 Å². The Balaban J connectivity index is 2.77. The van der Waals surface area contributed by atoms with E-state index >= 15 is 0 Å². The van der Waals surface area contributed by atoms with Gasteiger partial charge in [0.25, 0.3) is 0 Å². The molecule has 70 valence electrons. The van der Waals surface area contributed by atoms with E-state index < -0.39 is 16.9 Å². The summed E-state index contributed by atoms with van der Waals surface area (Å²) < 4.78 is 25.5. The van der Waals surface area contributed by atoms with Crippen LogP contribution in [0.4, 0.5) is 8.78 Å². The van der Waals surface area contributed by atoms with Gasteiger partial charge in [0.2, 0.25) is 5.24 Å². The zero-order valence-electron chi connectivity index (χ0n) is 6.69. The summed E-state index contributed by atoms with van der Waals surface area (Å²) in [5.41, 5.74) is 0.175. The van der Waals surface area contributed by atoms with E-state index in [9.17, 15) is 13.6 Å². The van der Waals surface area contributed by atoms with Crippen LogP contribution in [0.5, 0.6) is 0 Å². The minimum atomic E-state index is -0.903. The van der Waals surface area contributed by atoms with Crippen LogP contribution in [0.3, 0.4) is 0 Å². The number of hydrogen-bond acceptors (Lipinski definition) is 1. The number of aryl methyl sites for hydroxylation is 1. The number of halogens is 3. The summed E-state index contributed by atoms with van der Waals surface area (Å²) in [6, 6.07) is 3.85. The molecule has 0 bridgehead atoms. The average Bonchev–Trinajstić information content (AvgIpc) is 2.07. The largest absolute Gasteiger partial charge is 0.281 e. The van der Waals surface area contributed by atoms with Crippen molar-refractivity contribution in [3.63, 3.8) is 0 Å². The van der Waals surface area contributed by atoms with Gasteiger partial charge in [-0.2, -0.15) is 0 Å². The molecule has 0 N–H and O–H groups in total. The Morgan fingerprint density at radius 3 is 2.69 bits per heavy atom. The Morgan fingerprint density at radius 2 is 2.08 bits per heavy atom. The van der Waals surface area contributed by atoms with Crippen molar-refractivity contribution in [1.29, 1.82) is 0 Å². The average molecular weight is 205 g/mol. The van der Waals surface area contributed by atoms with Gasteiger partial charge in [0, 0.05) is 6.42 Å². The summed E-state index contributed by atoms with van der Waals surface area (Å²) in [4.78, 5) is 10.4. The van der Waals surface area contributed by atoms with E-state index in [1.807, 2.05) is 0 Å². The van der Waals surface area contributed by atoms with Crippen LogP contribution in [0, 0.1) is 11.6 Å². The molecule has 4 heteroatoms. The van der Waals surface area contributed by atoms with Crippen LogP contribution in [0.2, 0.25) is 0 Å². The molecule has 0 fully saturated rings. The standard InChI is InChI=1S/C9H7ClF2O/c10-8(13)5-4-6-2-1-3-7(11)9(6)12/h1-3H,4-5H2. The van der Waals surface area contributed by atoms with Crippen molar-refractivity contribution in [2.45, 2.75) is 12.8 Å². The van der Waals surface area contributed by atoms with Crippen LogP contribution in [0.1, 0.15) is 12.0 Å². The number of rotatable bonds is 3. The highest BCUT2D eigenvalue weighted by molar-refractivity contribution is 6.63. The van der Waals surface area contributed by atoms with Crippen LogP contribution in [0.15, 0.2) is 18.2 Å². The van der Waals surface area contributed by atoms with Gasteiger partial charge >= 0.3 is 0 Å². The third-order valence-corrected chi connectivity index (χ3v) is 1.81. The maximum atomic E-state index is 12.9. The number of carbonyl (C=O) groups is 1. The smallest absolute Gasteiger partial charge is 0.221 e. The molecular weight excluding hydrogens is 198 g/mol. The van der Waals surface area contributed by atoms with Gasteiger partial charge in [-0.15, -0.1) is 0 Å². The lowest BCUT2D eigenvalue weighted by Crippen LogP contribution is -1.97. The van der Waals surface area contributed by atoms with Crippen LogP contribution in [0.25, 0.3) is 0 Å². The van der Waals surface area contributed by atoms with Gasteiger partial charge < -0.3 is 0 Å². The number of benzene rings is 1. The van der Waals surface area contributed by atoms with E-state index in [1.165, 1.54) is 12.1 Å². The molecule has 0 spiro atoms. The first-order valence-electron chi connectivity index (χ1n) is 3.72. The molecule has 0 aliphatic rings. The van der Waals surface area contributed by atoms with Crippen LogP contribution in [-0.2, 0) is 11.2 Å². The quantitative estimate of drug-likeness (QED) is 0.692. The van der Waals surface area contributed by atoms with E-state index in [0.29, 0.717) is 0 Å². The summed E-state index contributed by atoms with van der Waals surface area (Å²) in [6.07, 6.45) is 0.147. The Kier molecular flexibility index (Phi) is 3.37. The van der Waals surface area contributed by atoms with Gasteiger partial charge in [-0.1, -0.05) is 12.1 Å². The van der Waals surface area contributed by atoms with Crippen LogP contribution >= 0.6 is 11.6 Å². The van der Waals surface area contributed by atoms with Crippen LogP contribution in [-0.4, -0.2) is 5.24 Å². The molecule has 1 nitrogen and oxygen atoms in total. The van der Waals surface area contributed by atoms with Crippen molar-refractivity contribution in [1.82, 2.24) is 0 Å². The Labute approximate surface area is 79.3 Å². The maximum absolute atomic E-state index is 12.9. The van der Waals surface area contributed by atoms with Gasteiger partial charge in [-0.25, -0.2) is 8.78 Å². The summed E-state index contributed by atoms with van der Waals surface area (Å²) >= 11 is 5.06. The summed E-state index contributed by atoms with van der Waals surface area (Å²) in [5, 5.41) is -0.552. The minimum Gasteiger partial charge on any atom is -0.281 e. The first-order chi connectivity index (χ1) is 6.11. The van der Waals surface area contributed by atoms with Crippen molar-refractivity contribution in [3.8, 4) is 0 Å². The van der Waals surface area contributed by atoms with Crippen LogP contribution < -0.4 is 0 Å². The van der Waals surface area contributed by atoms with E-state index in [4.69, 9.17) is 11.6 Å². The zero-order chi connectivity index (χ0) is 9.84. The highest BCUT2D eigenvalue weighted by Crippen LogP contribution is 2.13. The minimum absolute atomic E-state index is 0.0158. The molecule has 0 aliphatic heterocycles. The van der Waals surface area contributed by atoms with E-state index in [1.54, 1.807) is 0 Å². The molecule has 0 amide bonds. The molecular formula is C9H7ClF2O. The fraction of sp³-hybridized carbons (Fsp3) is 0.222. The first kappa shape index (κ1) is 10.1. The molecule has 0 saturated heterocycles. The van der Waals surface area contributed by atoms with Crippen molar-refractivity contribution in [2.24, 2.45) is 0 Å². The summed E-state index contributed by atoms with van der Waals surface area (Å²) in [6.45, 7) is 0. The lowest BCUT2D eigenvalue weighted by molar-refractivity contribution is -0.111. The van der Waals surface area contributed by atoms with Gasteiger partial charge in [-0.3, -0.25) is 4.79 Å². The van der Waals surface area contributed by atoms with Gasteiger partial charge in [-0.05, 0) is 29.7 Å². The maximum Gasteiger partial charge on any atom is 0.221 e. The Bertz CT molecular complexity index is 325. The monoisotopic (exact) mass is 204 g/mol. The Morgan fingerprint density at radius 1 is 1.38 bits per heavy atom. The van der Waals surface area contributed by atoms with Crippen molar-refractivity contribution < 1.29 is 13.6 Å². The fourth-order valence-corrected chi connectivity index (χ4v) is 1.07. The molecule has 13 heavy (non-hydrogen) atoms. The molecule has 1 rings (SSSR count). The third kappa shape index (κ3) is 2.77. The molecule has 0 aromatic heterocycles. The first-order valence-corrected chi connectivity index (χ1v) is 4.10. The number of carbonyl (C=O) groups excluding carboxylic acids is 1. The lowest BCUT2D eigenvalue weighted by atomic mass is 10.1. The molecule has 0 saturated carbocycles. The second-order valence-corrected chi connectivity index (χ2v) is 2.99. The van der Waals surface area contributed by atoms with E-state index in [-0.39, 0.29) is 18.4 Å². The SMILES string of the molecule is O=C(Cl)CCc1cccc(F)c1F. The topological polar surface area (TPSA) is 17.1 Å². The Hall–Kier alpha value is -0.960. The van der Waals surface area contributed by atoms with Crippen molar-refractivity contribution in [3.05, 3.63) is 35.4 Å².